The summed E-state index contributed by atoms with van der Waals surface area (Å²) in [6.07, 6.45) is 2.17. The molecule has 2 rings (SSSR count). The van der Waals surface area contributed by atoms with Gasteiger partial charge in [0, 0.05) is 19.0 Å². The van der Waals surface area contributed by atoms with Crippen LogP contribution in [0.3, 0.4) is 0 Å². The lowest BCUT2D eigenvalue weighted by atomic mass is 10.0. The third kappa shape index (κ3) is 4.40. The molecule has 1 saturated heterocycles. The molecule has 7 nitrogen and oxygen atoms in total. The molecule has 1 N–H and O–H groups in total. The summed E-state index contributed by atoms with van der Waals surface area (Å²) in [7, 11) is -1.12. The average Bonchev–Trinajstić information content (AvgIpc) is 2.88. The van der Waals surface area contributed by atoms with E-state index in [1.54, 1.807) is 12.1 Å². The Labute approximate surface area is 137 Å². The van der Waals surface area contributed by atoms with Crippen molar-refractivity contribution in [3.05, 3.63) is 12.1 Å². The second-order valence-electron chi connectivity index (χ2n) is 5.95. The molecule has 0 radical (unpaired) electrons. The third-order valence-electron chi connectivity index (χ3n) is 4.38. The van der Waals surface area contributed by atoms with Gasteiger partial charge in [-0.25, -0.2) is 8.42 Å². The summed E-state index contributed by atoms with van der Waals surface area (Å²) in [6, 6.07) is 3.38. The van der Waals surface area contributed by atoms with Crippen molar-refractivity contribution in [2.45, 2.75) is 39.2 Å². The number of sulfone groups is 1. The molecule has 0 saturated carbocycles. The minimum Gasteiger partial charge on any atom is -0.354 e. The number of anilines is 2. The van der Waals surface area contributed by atoms with E-state index in [0.29, 0.717) is 18.1 Å². The van der Waals surface area contributed by atoms with Crippen molar-refractivity contribution in [3.8, 4) is 0 Å². The van der Waals surface area contributed by atoms with Crippen molar-refractivity contribution in [2.75, 3.05) is 28.8 Å². The van der Waals surface area contributed by atoms with Crippen molar-refractivity contribution < 1.29 is 13.2 Å². The number of hydrogen-bond donors (Lipinski definition) is 1. The molecule has 2 heterocycles. The largest absolute Gasteiger partial charge is 0.354 e. The molecule has 23 heavy (non-hydrogen) atoms. The van der Waals surface area contributed by atoms with Gasteiger partial charge in [-0.15, -0.1) is 10.2 Å². The fraction of sp³-hybridized carbons (Fsp3) is 0.667. The van der Waals surface area contributed by atoms with Gasteiger partial charge in [0.05, 0.1) is 11.5 Å². The minimum atomic E-state index is -2.93. The monoisotopic (exact) mass is 340 g/mol. The molecule has 128 valence electrons. The number of nitrogens with one attached hydrogen (secondary N) is 1. The Morgan fingerprint density at radius 2 is 2.04 bits per heavy atom. The predicted octanol–water partition coefficient (Wildman–Crippen LogP) is 1.47. The van der Waals surface area contributed by atoms with Crippen LogP contribution in [0.25, 0.3) is 0 Å². The average molecular weight is 340 g/mol. The fourth-order valence-corrected chi connectivity index (χ4v) is 4.51. The normalized spacial score (nSPS) is 19.7. The second kappa shape index (κ2) is 7.25. The van der Waals surface area contributed by atoms with E-state index >= 15 is 0 Å². The van der Waals surface area contributed by atoms with Crippen LogP contribution in [0.5, 0.6) is 0 Å². The van der Waals surface area contributed by atoms with E-state index in [-0.39, 0.29) is 29.4 Å². The number of amides is 1. The van der Waals surface area contributed by atoms with Gasteiger partial charge in [0.1, 0.15) is 0 Å². The molecule has 1 unspecified atom stereocenters. The SMILES string of the molecule is CCC(CC)C(=O)Nc1ccc(N(C)C2CCS(=O)(=O)C2)nn1. The molecule has 0 aromatic carbocycles. The van der Waals surface area contributed by atoms with Crippen molar-refractivity contribution in [2.24, 2.45) is 5.92 Å². The van der Waals surface area contributed by atoms with E-state index < -0.39 is 9.84 Å². The molecule has 1 aliphatic heterocycles. The predicted molar refractivity (Wildman–Crippen MR) is 90.2 cm³/mol. The fourth-order valence-electron chi connectivity index (χ4n) is 2.74. The van der Waals surface area contributed by atoms with Crippen LogP contribution in [0.4, 0.5) is 11.6 Å². The van der Waals surface area contributed by atoms with Crippen LogP contribution in [0.1, 0.15) is 33.1 Å². The van der Waals surface area contributed by atoms with E-state index in [4.69, 9.17) is 0 Å². The Balaban J connectivity index is 2.00. The van der Waals surface area contributed by atoms with Crippen LogP contribution in [0.15, 0.2) is 12.1 Å². The lowest BCUT2D eigenvalue weighted by Gasteiger charge is -2.23. The quantitative estimate of drug-likeness (QED) is 0.843. The molecule has 0 aliphatic carbocycles. The van der Waals surface area contributed by atoms with E-state index in [9.17, 15) is 13.2 Å². The van der Waals surface area contributed by atoms with Gasteiger partial charge >= 0.3 is 0 Å². The van der Waals surface area contributed by atoms with Crippen LogP contribution in [-0.4, -0.2) is 49.1 Å². The molecule has 1 aromatic rings. The molecule has 8 heteroatoms. The lowest BCUT2D eigenvalue weighted by Crippen LogP contribution is -2.33. The molecule has 1 aromatic heterocycles. The summed E-state index contributed by atoms with van der Waals surface area (Å²) in [5.41, 5.74) is 0. The van der Waals surface area contributed by atoms with E-state index in [0.717, 1.165) is 12.8 Å². The first-order chi connectivity index (χ1) is 10.9. The summed E-state index contributed by atoms with van der Waals surface area (Å²) in [4.78, 5) is 13.9. The van der Waals surface area contributed by atoms with Gasteiger partial charge in [0.25, 0.3) is 0 Å². The van der Waals surface area contributed by atoms with Crippen LogP contribution >= 0.6 is 0 Å². The van der Waals surface area contributed by atoms with E-state index in [1.165, 1.54) is 0 Å². The molecular formula is C15H24N4O3S. The van der Waals surface area contributed by atoms with Gasteiger partial charge in [-0.1, -0.05) is 13.8 Å². The summed E-state index contributed by atoms with van der Waals surface area (Å²) in [6.45, 7) is 3.96. The molecular weight excluding hydrogens is 316 g/mol. The molecule has 1 amide bonds. The Morgan fingerprint density at radius 1 is 1.35 bits per heavy atom. The van der Waals surface area contributed by atoms with Gasteiger partial charge in [-0.2, -0.15) is 0 Å². The third-order valence-corrected chi connectivity index (χ3v) is 6.13. The van der Waals surface area contributed by atoms with Crippen molar-refractivity contribution in [1.82, 2.24) is 10.2 Å². The first-order valence-corrected chi connectivity index (χ1v) is 9.76. The Bertz CT molecular complexity index is 641. The topological polar surface area (TPSA) is 92.3 Å². The minimum absolute atomic E-state index is 0.0251. The van der Waals surface area contributed by atoms with Crippen LogP contribution in [0, 0.1) is 5.92 Å². The number of carbonyl (C=O) groups excluding carboxylic acids is 1. The van der Waals surface area contributed by atoms with Gasteiger partial charge in [0.2, 0.25) is 5.91 Å². The zero-order chi connectivity index (χ0) is 17.0. The number of carbonyl (C=O) groups is 1. The highest BCUT2D eigenvalue weighted by Gasteiger charge is 2.31. The Kier molecular flexibility index (Phi) is 5.56. The highest BCUT2D eigenvalue weighted by Crippen LogP contribution is 2.21. The lowest BCUT2D eigenvalue weighted by molar-refractivity contribution is -0.120. The summed E-state index contributed by atoms with van der Waals surface area (Å²) in [5.74, 6) is 1.32. The van der Waals surface area contributed by atoms with Gasteiger partial charge in [-0.3, -0.25) is 4.79 Å². The number of hydrogen-bond acceptors (Lipinski definition) is 6. The number of rotatable bonds is 6. The van der Waals surface area contributed by atoms with Crippen LogP contribution in [0.2, 0.25) is 0 Å². The molecule has 1 atom stereocenters. The summed E-state index contributed by atoms with van der Waals surface area (Å²) < 4.78 is 23.1. The standard InChI is InChI=1S/C15H24N4O3S/c1-4-11(5-2)15(20)16-13-6-7-14(18-17-13)19(3)12-8-9-23(21,22)10-12/h6-7,11-12H,4-5,8-10H2,1-3H3,(H,16,17,20). The maximum atomic E-state index is 12.0. The first-order valence-electron chi connectivity index (χ1n) is 7.94. The zero-order valence-corrected chi connectivity index (χ0v) is 14.6. The Morgan fingerprint density at radius 3 is 2.52 bits per heavy atom. The molecule has 1 fully saturated rings. The molecule has 0 spiro atoms. The van der Waals surface area contributed by atoms with Gasteiger partial charge < -0.3 is 10.2 Å². The Hall–Kier alpha value is -1.70. The molecule has 1 aliphatic rings. The second-order valence-corrected chi connectivity index (χ2v) is 8.18. The maximum absolute atomic E-state index is 12.0. The van der Waals surface area contributed by atoms with Crippen LogP contribution < -0.4 is 10.2 Å². The number of nitrogens with zero attached hydrogens (tertiary/aromatic N) is 3. The smallest absolute Gasteiger partial charge is 0.228 e. The van der Waals surface area contributed by atoms with Gasteiger partial charge in [-0.05, 0) is 31.4 Å². The first kappa shape index (κ1) is 17.7. The van der Waals surface area contributed by atoms with Crippen molar-refractivity contribution in [1.29, 1.82) is 0 Å². The number of aromatic nitrogens is 2. The van der Waals surface area contributed by atoms with E-state index in [2.05, 4.69) is 15.5 Å². The highest BCUT2D eigenvalue weighted by molar-refractivity contribution is 7.91. The van der Waals surface area contributed by atoms with E-state index in [1.807, 2.05) is 25.8 Å². The van der Waals surface area contributed by atoms with Crippen molar-refractivity contribution >= 4 is 27.4 Å². The summed E-state index contributed by atoms with van der Waals surface area (Å²) in [5, 5.41) is 10.9. The summed E-state index contributed by atoms with van der Waals surface area (Å²) >= 11 is 0. The zero-order valence-electron chi connectivity index (χ0n) is 13.8. The maximum Gasteiger partial charge on any atom is 0.228 e. The van der Waals surface area contributed by atoms with Gasteiger partial charge in [0.15, 0.2) is 21.5 Å². The molecule has 0 bridgehead atoms. The van der Waals surface area contributed by atoms with Crippen molar-refractivity contribution in [3.63, 3.8) is 0 Å². The van der Waals surface area contributed by atoms with Crippen LogP contribution in [-0.2, 0) is 14.6 Å². The highest BCUT2D eigenvalue weighted by atomic mass is 32.2.